The summed E-state index contributed by atoms with van der Waals surface area (Å²) in [6.07, 6.45) is 1.68. The molecule has 640 valence electrons. The van der Waals surface area contributed by atoms with Gasteiger partial charge in [-0.3, -0.25) is 28.8 Å². The Morgan fingerprint density at radius 3 is 1.18 bits per heavy atom. The van der Waals surface area contributed by atoms with E-state index in [0.29, 0.717) is 67.2 Å². The third kappa shape index (κ3) is 21.8. The molecule has 0 radical (unpaired) electrons. The van der Waals surface area contributed by atoms with Crippen molar-refractivity contribution in [3.8, 4) is 0 Å². The summed E-state index contributed by atoms with van der Waals surface area (Å²) in [6.45, 7) is 20.6. The lowest BCUT2D eigenvalue weighted by atomic mass is 9.78. The first-order chi connectivity index (χ1) is 54.6. The van der Waals surface area contributed by atoms with Gasteiger partial charge < -0.3 is 65.6 Å². The maximum Gasteiger partial charge on any atom is 0.338 e. The molecule has 2 heterocycles. The molecule has 0 N–H and O–H groups in total. The van der Waals surface area contributed by atoms with Crippen molar-refractivity contribution in [1.82, 2.24) is 0 Å². The number of carbonyl (C=O) groups excluding carboxylic acids is 10. The fourth-order valence-corrected chi connectivity index (χ4v) is 19.4. The van der Waals surface area contributed by atoms with Crippen LogP contribution in [0.15, 0.2) is 48.5 Å². The minimum atomic E-state index is -4.53. The second-order valence-electron chi connectivity index (χ2n) is 32.2. The molecule has 117 heavy (non-hydrogen) atoms. The van der Waals surface area contributed by atoms with Crippen LogP contribution in [-0.4, -0.2) is 198 Å². The zero-order chi connectivity index (χ0) is 86.2. The molecule has 18 atom stereocenters. The highest BCUT2D eigenvalue weighted by Gasteiger charge is 2.72. The van der Waals surface area contributed by atoms with Gasteiger partial charge in [0.1, 0.15) is 74.9 Å². The van der Waals surface area contributed by atoms with Crippen LogP contribution < -0.4 is 0 Å². The zero-order valence-electron chi connectivity index (χ0n) is 66.7. The molecular weight excluding hydrogens is 1610 g/mol. The maximum absolute atomic E-state index is 13.0. The van der Waals surface area contributed by atoms with Gasteiger partial charge in [-0.2, -0.15) is 0 Å². The average Bonchev–Trinajstić information content (AvgIpc) is 1.55. The topological polar surface area (TPSA) is 492 Å². The minimum absolute atomic E-state index is 0.128. The van der Waals surface area contributed by atoms with Crippen molar-refractivity contribution in [1.29, 1.82) is 0 Å². The number of benzene rings is 4. The van der Waals surface area contributed by atoms with E-state index in [-0.39, 0.29) is 35.7 Å². The predicted octanol–water partition coefficient (Wildman–Crippen LogP) is 6.75. The monoisotopic (exact) mass is 1710 g/mol. The lowest BCUT2D eigenvalue weighted by Gasteiger charge is -2.30. The molecule has 0 spiro atoms. The zero-order valence-corrected chi connectivity index (χ0v) is 70.0. The summed E-state index contributed by atoms with van der Waals surface area (Å²) in [5.74, 6) is -14.0. The highest BCUT2D eigenvalue weighted by Crippen LogP contribution is 2.61. The number of ether oxygens (including phenoxy) is 10. The molecule has 2 aliphatic heterocycles. The summed E-state index contributed by atoms with van der Waals surface area (Å²) in [5.41, 5.74) is 12.9. The van der Waals surface area contributed by atoms with Gasteiger partial charge in [0, 0.05) is 29.6 Å². The van der Waals surface area contributed by atoms with E-state index in [1.807, 2.05) is 113 Å². The number of aryl methyl sites for hydroxylation is 8. The van der Waals surface area contributed by atoms with Crippen molar-refractivity contribution in [3.63, 3.8) is 0 Å². The van der Waals surface area contributed by atoms with Crippen LogP contribution in [-0.2, 0) is 117 Å². The summed E-state index contributed by atoms with van der Waals surface area (Å²) in [5, 5.41) is 0. The van der Waals surface area contributed by atoms with Crippen molar-refractivity contribution in [3.05, 3.63) is 138 Å². The van der Waals surface area contributed by atoms with E-state index >= 15 is 0 Å². The molecule has 4 aromatic carbocycles. The van der Waals surface area contributed by atoms with Gasteiger partial charge in [-0.1, -0.05) is 24.3 Å². The smallest absolute Gasteiger partial charge is 0.338 e. The summed E-state index contributed by atoms with van der Waals surface area (Å²) < 4.78 is 182. The SMILES string of the molecule is Cc1cc(C)c(C)c(C(=O)OC2C3CC4C(OC(=O)C42)C3C(=O)OCCS(=O)(=O)[O-])c1.Cc1cc(C)c(C)c(C(=O)OC2C3CC4C2OC(=O)C4C3C(=O)OCCS(=O)(=O)[O-])c1.Cc1cc(C)c(C)c(C(=O)OC2CC3CC(C(=O)OCCS(=O)(=O)[O-])C2C3)c1.Cc1cc(C)c(C)c(C(=O)OC2CCCC(C(=O)OCCS(=O)(=O)[O-])C2)c1. The van der Waals surface area contributed by atoms with E-state index in [4.69, 9.17) is 47.4 Å². The molecule has 2 saturated heterocycles. The van der Waals surface area contributed by atoms with E-state index in [2.05, 4.69) is 0 Å². The lowest BCUT2D eigenvalue weighted by Crippen LogP contribution is -2.44. The third-order valence-electron chi connectivity index (χ3n) is 24.1. The Labute approximate surface area is 679 Å². The standard InChI is InChI=1S/2C21H24O9S.C20H26O7S.C19H26O7S/c1-9-6-10(2)11(3)12(7-9)19(22)29-18-13-8-14-16(18)21(24)30-17(14)15(13)20(23)28-4-5-31(25,26)27;1-9-6-10(2)11(3)12(7-9)19(22)29-17-13-8-14-16(21(24)30-18(14)17)15(13)20(23)28-4-5-31(25,26)27;1-11-6-12(2)13(3)15(7-11)20(22)27-18-10-14-8-16(18)17(9-14)19(21)26-4-5-28(23,24)25;1-12-9-13(2)14(3)17(10-12)19(21)26-16-6-4-5-15(11-16)18(20)25-7-8-27(22,23)24/h2*6-7,13-18H,4-5,8H2,1-3H3,(H,25,26,27);6-7,14,16-18H,4-5,8-10H2,1-3H3,(H,23,24,25);9-10,15-16H,4-8,11H2,1-3H3,(H,22,23,24)/p-4. The van der Waals surface area contributed by atoms with Crippen molar-refractivity contribution >= 4 is 100 Å². The van der Waals surface area contributed by atoms with Crippen molar-refractivity contribution in [2.24, 2.45) is 71.0 Å². The van der Waals surface area contributed by atoms with E-state index < -0.39 is 221 Å². The Morgan fingerprint density at radius 1 is 0.376 bits per heavy atom. The molecule has 9 aliphatic rings. The molecule has 13 rings (SSSR count). The van der Waals surface area contributed by atoms with Crippen LogP contribution in [0.25, 0.3) is 0 Å². The highest BCUT2D eigenvalue weighted by molar-refractivity contribution is 7.86. The number of carbonyl (C=O) groups is 10. The molecule has 18 unspecified atom stereocenters. The Hall–Kier alpha value is -8.78. The van der Waals surface area contributed by atoms with Crippen LogP contribution in [0.4, 0.5) is 0 Å². The van der Waals surface area contributed by atoms with Gasteiger partial charge in [0.15, 0.2) is 0 Å². The van der Waals surface area contributed by atoms with Crippen LogP contribution in [0, 0.1) is 154 Å². The summed E-state index contributed by atoms with van der Waals surface area (Å²) in [6, 6.07) is 15.0. The number of hydrogen-bond donors (Lipinski definition) is 0. The second kappa shape index (κ2) is 36.4. The number of rotatable bonds is 24. The fourth-order valence-electron chi connectivity index (χ4n) is 18.3. The summed E-state index contributed by atoms with van der Waals surface area (Å²) in [7, 11) is -17.9. The third-order valence-corrected chi connectivity index (χ3v) is 26.8. The van der Waals surface area contributed by atoms with Crippen LogP contribution in [0.3, 0.4) is 0 Å². The number of hydrogen-bond acceptors (Lipinski definition) is 32. The van der Waals surface area contributed by atoms with E-state index in [9.17, 15) is 99.8 Å². The Kier molecular flexibility index (Phi) is 28.2. The molecular formula is C81H96O32S4-4. The van der Waals surface area contributed by atoms with Crippen LogP contribution in [0.5, 0.6) is 0 Å². The number of esters is 10. The normalized spacial score (nSPS) is 27.3. The quantitative estimate of drug-likeness (QED) is 0.0397. The molecule has 32 nitrogen and oxygen atoms in total. The molecule has 4 aromatic rings. The second-order valence-corrected chi connectivity index (χ2v) is 38.3. The molecule has 0 aromatic heterocycles. The predicted molar refractivity (Wildman–Crippen MR) is 405 cm³/mol. The molecule has 6 bridgehead atoms. The summed E-state index contributed by atoms with van der Waals surface area (Å²) >= 11 is 0. The highest BCUT2D eigenvalue weighted by atomic mass is 32.2. The summed E-state index contributed by atoms with van der Waals surface area (Å²) in [4.78, 5) is 126. The molecule has 7 aliphatic carbocycles. The van der Waals surface area contributed by atoms with Gasteiger partial charge in [0.25, 0.3) is 0 Å². The molecule has 0 amide bonds. The lowest BCUT2D eigenvalue weighted by molar-refractivity contribution is -0.157. The Balaban J connectivity index is 0.000000165. The first-order valence-electron chi connectivity index (χ1n) is 38.5. The van der Waals surface area contributed by atoms with Crippen molar-refractivity contribution < 1.29 is 147 Å². The van der Waals surface area contributed by atoms with Crippen molar-refractivity contribution in [2.75, 3.05) is 49.4 Å². The number of fused-ring (bicyclic) bond motifs is 4. The molecule has 36 heteroatoms. The minimum Gasteiger partial charge on any atom is -0.748 e. The van der Waals surface area contributed by atoms with Gasteiger partial charge in [-0.25, -0.2) is 52.8 Å². The largest absolute Gasteiger partial charge is 0.748 e. The average molecular weight is 1710 g/mol. The molecule has 7 saturated carbocycles. The van der Waals surface area contributed by atoms with Crippen LogP contribution >= 0.6 is 0 Å². The Bertz CT molecular complexity index is 5070. The van der Waals surface area contributed by atoms with Gasteiger partial charge >= 0.3 is 59.7 Å². The van der Waals surface area contributed by atoms with Gasteiger partial charge in [0.05, 0.1) is 109 Å². The molecule has 9 fully saturated rings. The van der Waals surface area contributed by atoms with Gasteiger partial charge in [-0.15, -0.1) is 0 Å². The van der Waals surface area contributed by atoms with Crippen molar-refractivity contribution in [2.45, 2.75) is 177 Å². The fraction of sp³-hybridized carbons (Fsp3) is 0.580. The van der Waals surface area contributed by atoms with E-state index in [1.165, 1.54) is 0 Å². The van der Waals surface area contributed by atoms with Crippen LogP contribution in [0.1, 0.15) is 166 Å². The first kappa shape index (κ1) is 90.5. The maximum atomic E-state index is 13.0. The van der Waals surface area contributed by atoms with Gasteiger partial charge in [-0.05, 0) is 238 Å². The Morgan fingerprint density at radius 2 is 0.744 bits per heavy atom. The van der Waals surface area contributed by atoms with E-state index in [1.54, 1.807) is 18.2 Å². The van der Waals surface area contributed by atoms with Gasteiger partial charge in [0.2, 0.25) is 0 Å². The van der Waals surface area contributed by atoms with E-state index in [0.717, 1.165) is 79.6 Å². The first-order valence-corrected chi connectivity index (χ1v) is 44.8. The van der Waals surface area contributed by atoms with Crippen LogP contribution in [0.2, 0.25) is 0 Å².